The molecule has 0 bridgehead atoms. The highest BCUT2D eigenvalue weighted by atomic mass is 35.5. The molecule has 0 aliphatic heterocycles. The molecule has 5 N–H and O–H groups in total. The molecule has 34 heavy (non-hydrogen) atoms. The molecule has 172 valence electrons. The number of carboxylic acids is 2. The largest absolute Gasteiger partial charge is 0.478 e. The number of carboxylic acid groups (broad SMARTS) is 2. The average Bonchev–Trinajstić information content (AvgIpc) is 3.24. The minimum absolute atomic E-state index is 0.0753. The summed E-state index contributed by atoms with van der Waals surface area (Å²) >= 11 is 6.37. The van der Waals surface area contributed by atoms with Gasteiger partial charge >= 0.3 is 18.0 Å². The molecule has 11 nitrogen and oxygen atoms in total. The van der Waals surface area contributed by atoms with E-state index in [1.807, 2.05) is 0 Å². The van der Waals surface area contributed by atoms with Crippen LogP contribution in [0.15, 0.2) is 59.7 Å². The van der Waals surface area contributed by atoms with Crippen LogP contribution in [0.4, 0.5) is 10.5 Å². The number of amides is 2. The van der Waals surface area contributed by atoms with E-state index in [9.17, 15) is 19.2 Å². The Morgan fingerprint density at radius 2 is 1.79 bits per heavy atom. The van der Waals surface area contributed by atoms with E-state index in [2.05, 4.69) is 9.97 Å². The Hall–Kier alpha value is -4.64. The normalized spacial score (nSPS) is 10.9. The van der Waals surface area contributed by atoms with Crippen LogP contribution in [0.3, 0.4) is 0 Å². The molecule has 12 heteroatoms. The number of carbonyl (C=O) groups excluding carboxylic acids is 1. The van der Waals surface area contributed by atoms with Crippen molar-refractivity contribution in [3.05, 3.63) is 87.1 Å². The lowest BCUT2D eigenvalue weighted by atomic mass is 10.2. The van der Waals surface area contributed by atoms with Crippen molar-refractivity contribution in [1.29, 1.82) is 0 Å². The average molecular weight is 482 g/mol. The van der Waals surface area contributed by atoms with E-state index in [1.54, 1.807) is 23.0 Å². The zero-order valence-electron chi connectivity index (χ0n) is 17.2. The van der Waals surface area contributed by atoms with Gasteiger partial charge in [-0.25, -0.2) is 19.4 Å². The van der Waals surface area contributed by atoms with Gasteiger partial charge < -0.3 is 25.5 Å². The number of carbonyl (C=O) groups is 3. The van der Waals surface area contributed by atoms with Crippen molar-refractivity contribution in [3.63, 3.8) is 0 Å². The monoisotopic (exact) mass is 481 g/mol. The van der Waals surface area contributed by atoms with E-state index in [-0.39, 0.29) is 28.2 Å². The third-order valence-corrected chi connectivity index (χ3v) is 5.33. The quantitative estimate of drug-likeness (QED) is 0.327. The standard InChI is InChI=1S/C22H16ClN5O6/c23-14-7-15-16(25-18(21(32)33)19(29)26-15)8-17(14)27-6-5-11(9-27)10-28(22(24)34)13-3-1-12(2-4-13)20(30)31/h1-9H,10H2,(H2,24,34)(H,26,29)(H,30,31)(H,32,33). The molecule has 0 radical (unpaired) electrons. The number of rotatable bonds is 6. The molecule has 2 aromatic carbocycles. The number of hydrogen-bond donors (Lipinski definition) is 4. The van der Waals surface area contributed by atoms with Gasteiger partial charge in [0.1, 0.15) is 0 Å². The summed E-state index contributed by atoms with van der Waals surface area (Å²) in [4.78, 5) is 53.8. The molecular weight excluding hydrogens is 466 g/mol. The van der Waals surface area contributed by atoms with Crippen LogP contribution < -0.4 is 16.2 Å². The van der Waals surface area contributed by atoms with Crippen molar-refractivity contribution < 1.29 is 24.6 Å². The number of nitrogens with one attached hydrogen (secondary N) is 1. The molecule has 0 saturated carbocycles. The number of aromatic carboxylic acids is 2. The number of halogens is 1. The number of primary amides is 1. The first-order chi connectivity index (χ1) is 16.1. The van der Waals surface area contributed by atoms with Gasteiger partial charge in [0.25, 0.3) is 5.56 Å². The number of fused-ring (bicyclic) bond motifs is 1. The van der Waals surface area contributed by atoms with Crippen LogP contribution in [-0.2, 0) is 6.54 Å². The SMILES string of the molecule is NC(=O)N(Cc1ccn(-c2cc3nc(C(=O)O)c(=O)[nH]c3cc2Cl)c1)c1ccc(C(=O)O)cc1. The maximum absolute atomic E-state index is 12.0. The summed E-state index contributed by atoms with van der Waals surface area (Å²) in [6.45, 7) is 0.0919. The van der Waals surface area contributed by atoms with Crippen LogP contribution in [0.25, 0.3) is 16.7 Å². The van der Waals surface area contributed by atoms with Gasteiger partial charge in [0.15, 0.2) is 0 Å². The Kier molecular flexibility index (Phi) is 5.78. The fourth-order valence-corrected chi connectivity index (χ4v) is 3.65. The second-order valence-electron chi connectivity index (χ2n) is 7.24. The molecule has 4 aromatic rings. The van der Waals surface area contributed by atoms with Crippen molar-refractivity contribution in [1.82, 2.24) is 14.5 Å². The zero-order valence-corrected chi connectivity index (χ0v) is 18.0. The Balaban J connectivity index is 1.66. The summed E-state index contributed by atoms with van der Waals surface area (Å²) in [6, 6.07) is 9.70. The van der Waals surface area contributed by atoms with E-state index >= 15 is 0 Å². The number of aromatic nitrogens is 3. The number of benzene rings is 2. The molecule has 2 heterocycles. The molecule has 0 spiro atoms. The topological polar surface area (TPSA) is 172 Å². The summed E-state index contributed by atoms with van der Waals surface area (Å²) in [6.07, 6.45) is 3.37. The molecule has 0 aliphatic carbocycles. The van der Waals surface area contributed by atoms with Crippen LogP contribution >= 0.6 is 11.6 Å². The van der Waals surface area contributed by atoms with Crippen molar-refractivity contribution in [2.24, 2.45) is 5.73 Å². The van der Waals surface area contributed by atoms with Gasteiger partial charge in [-0.15, -0.1) is 0 Å². The van der Waals surface area contributed by atoms with Crippen LogP contribution in [-0.4, -0.2) is 42.7 Å². The fraction of sp³-hybridized carbons (Fsp3) is 0.0455. The summed E-state index contributed by atoms with van der Waals surface area (Å²) in [7, 11) is 0. The molecule has 0 atom stereocenters. The minimum Gasteiger partial charge on any atom is -0.478 e. The summed E-state index contributed by atoms with van der Waals surface area (Å²) in [5.74, 6) is -2.54. The van der Waals surface area contributed by atoms with Crippen LogP contribution in [0.5, 0.6) is 0 Å². The lowest BCUT2D eigenvalue weighted by molar-refractivity contribution is 0.0681. The predicted octanol–water partition coefficient (Wildman–Crippen LogP) is 2.85. The second-order valence-corrected chi connectivity index (χ2v) is 7.65. The van der Waals surface area contributed by atoms with Crippen molar-refractivity contribution >= 4 is 46.3 Å². The van der Waals surface area contributed by atoms with Crippen molar-refractivity contribution in [3.8, 4) is 5.69 Å². The van der Waals surface area contributed by atoms with Crippen molar-refractivity contribution in [2.75, 3.05) is 4.90 Å². The first kappa shape index (κ1) is 22.6. The van der Waals surface area contributed by atoms with E-state index in [0.717, 1.165) is 0 Å². The van der Waals surface area contributed by atoms with Gasteiger partial charge in [-0.05, 0) is 48.0 Å². The highest BCUT2D eigenvalue weighted by Gasteiger charge is 2.17. The van der Waals surface area contributed by atoms with Gasteiger partial charge in [-0.1, -0.05) is 11.6 Å². The lowest BCUT2D eigenvalue weighted by Crippen LogP contribution is -2.35. The van der Waals surface area contributed by atoms with Crippen LogP contribution in [0.2, 0.25) is 5.02 Å². The molecule has 2 amide bonds. The number of anilines is 1. The number of nitrogens with zero attached hydrogens (tertiary/aromatic N) is 3. The number of H-pyrrole nitrogens is 1. The molecule has 0 saturated heterocycles. The van der Waals surface area contributed by atoms with Gasteiger partial charge in [-0.2, -0.15) is 0 Å². The number of nitrogens with two attached hydrogens (primary N) is 1. The van der Waals surface area contributed by atoms with Gasteiger partial charge in [0, 0.05) is 18.1 Å². The predicted molar refractivity (Wildman–Crippen MR) is 123 cm³/mol. The van der Waals surface area contributed by atoms with Crippen LogP contribution in [0.1, 0.15) is 26.4 Å². The Morgan fingerprint density at radius 3 is 2.41 bits per heavy atom. The molecular formula is C22H16ClN5O6. The smallest absolute Gasteiger partial charge is 0.360 e. The first-order valence-corrected chi connectivity index (χ1v) is 10.1. The van der Waals surface area contributed by atoms with Gasteiger partial charge in [-0.3, -0.25) is 9.69 Å². The highest BCUT2D eigenvalue weighted by molar-refractivity contribution is 6.33. The van der Waals surface area contributed by atoms with Crippen molar-refractivity contribution in [2.45, 2.75) is 6.54 Å². The molecule has 0 fully saturated rings. The van der Waals surface area contributed by atoms with E-state index in [4.69, 9.17) is 27.5 Å². The molecule has 2 aromatic heterocycles. The third kappa shape index (κ3) is 4.32. The van der Waals surface area contributed by atoms with Gasteiger partial charge in [0.05, 0.1) is 33.9 Å². The maximum Gasteiger partial charge on any atom is 0.360 e. The fourth-order valence-electron chi connectivity index (χ4n) is 3.39. The van der Waals surface area contributed by atoms with E-state index in [1.165, 1.54) is 41.3 Å². The van der Waals surface area contributed by atoms with Gasteiger partial charge in [0.2, 0.25) is 5.69 Å². The second kappa shape index (κ2) is 8.71. The summed E-state index contributed by atoms with van der Waals surface area (Å²) in [5, 5.41) is 18.5. The number of hydrogen-bond acceptors (Lipinski definition) is 5. The maximum atomic E-state index is 12.0. The van der Waals surface area contributed by atoms with E-state index < -0.39 is 29.2 Å². The summed E-state index contributed by atoms with van der Waals surface area (Å²) in [5.41, 5.74) is 6.19. The minimum atomic E-state index is -1.45. The highest BCUT2D eigenvalue weighted by Crippen LogP contribution is 2.26. The van der Waals surface area contributed by atoms with Crippen LogP contribution in [0, 0.1) is 0 Å². The Morgan fingerprint density at radius 1 is 1.09 bits per heavy atom. The summed E-state index contributed by atoms with van der Waals surface area (Å²) < 4.78 is 1.65. The number of aromatic amines is 1. The number of urea groups is 1. The third-order valence-electron chi connectivity index (χ3n) is 5.03. The first-order valence-electron chi connectivity index (χ1n) is 9.68. The Labute approximate surface area is 195 Å². The lowest BCUT2D eigenvalue weighted by Gasteiger charge is -2.20. The zero-order chi connectivity index (χ0) is 24.6. The Bertz CT molecular complexity index is 1510. The van der Waals surface area contributed by atoms with E-state index in [0.29, 0.717) is 16.9 Å². The molecule has 0 unspecified atom stereocenters. The molecule has 0 aliphatic rings. The molecule has 4 rings (SSSR count).